The van der Waals surface area contributed by atoms with Crippen LogP contribution in [0.25, 0.3) is 0 Å². The maximum Gasteiger partial charge on any atom is 0.123 e. The molecule has 0 aliphatic rings. The number of aliphatic hydroxyl groups excluding tert-OH is 2. The molecule has 2 atom stereocenters. The Hall–Kier alpha value is -0.620. The predicted molar refractivity (Wildman–Crippen MR) is 62.8 cm³/mol. The van der Waals surface area contributed by atoms with Gasteiger partial charge >= 0.3 is 0 Å². The zero-order chi connectivity index (χ0) is 12.1. The molecule has 90 valence electrons. The first-order valence-electron chi connectivity index (χ1n) is 5.01. The van der Waals surface area contributed by atoms with Crippen LogP contribution in [-0.2, 0) is 0 Å². The summed E-state index contributed by atoms with van der Waals surface area (Å²) in [7, 11) is 0. The van der Waals surface area contributed by atoms with Crippen LogP contribution in [0.3, 0.4) is 0 Å². The summed E-state index contributed by atoms with van der Waals surface area (Å²) in [6, 6.07) is 4.14. The molecule has 16 heavy (non-hydrogen) atoms. The van der Waals surface area contributed by atoms with Crippen molar-refractivity contribution in [2.45, 2.75) is 24.0 Å². The predicted octanol–water partition coefficient (Wildman–Crippen LogP) is 1.29. The number of halogens is 1. The highest BCUT2D eigenvalue weighted by Crippen LogP contribution is 2.27. The normalized spacial score (nSPS) is 14.8. The average molecular weight is 245 g/mol. The third kappa shape index (κ3) is 3.75. The van der Waals surface area contributed by atoms with E-state index in [4.69, 9.17) is 10.8 Å². The van der Waals surface area contributed by atoms with Crippen molar-refractivity contribution in [1.82, 2.24) is 0 Å². The van der Waals surface area contributed by atoms with Crippen LogP contribution in [-0.4, -0.2) is 28.7 Å². The van der Waals surface area contributed by atoms with Crippen LogP contribution < -0.4 is 5.73 Å². The van der Waals surface area contributed by atoms with Crippen LogP contribution in [0.1, 0.15) is 18.5 Å². The zero-order valence-corrected chi connectivity index (χ0v) is 9.88. The Morgan fingerprint density at radius 2 is 2.19 bits per heavy atom. The van der Waals surface area contributed by atoms with Crippen LogP contribution in [0.2, 0.25) is 0 Å². The molecule has 0 radical (unpaired) electrons. The summed E-state index contributed by atoms with van der Waals surface area (Å²) in [5.74, 6) is 0.0429. The number of nitrogens with two attached hydrogens (primary N) is 1. The van der Waals surface area contributed by atoms with Gasteiger partial charge < -0.3 is 15.9 Å². The van der Waals surface area contributed by atoms with Crippen LogP contribution >= 0.6 is 11.8 Å². The van der Waals surface area contributed by atoms with Gasteiger partial charge in [-0.15, -0.1) is 11.8 Å². The third-order valence-corrected chi connectivity index (χ3v) is 3.34. The average Bonchev–Trinajstić information content (AvgIpc) is 2.26. The molecular weight excluding hydrogens is 229 g/mol. The summed E-state index contributed by atoms with van der Waals surface area (Å²) in [5.41, 5.74) is 6.45. The molecule has 1 unspecified atom stereocenters. The minimum absolute atomic E-state index is 0.260. The van der Waals surface area contributed by atoms with Gasteiger partial charge in [0.25, 0.3) is 0 Å². The van der Waals surface area contributed by atoms with Gasteiger partial charge in [0.05, 0.1) is 12.7 Å². The van der Waals surface area contributed by atoms with E-state index in [1.54, 1.807) is 13.0 Å². The van der Waals surface area contributed by atoms with E-state index in [-0.39, 0.29) is 18.5 Å². The van der Waals surface area contributed by atoms with Gasteiger partial charge in [0.1, 0.15) is 5.82 Å². The fraction of sp³-hybridized carbons (Fsp3) is 0.455. The van der Waals surface area contributed by atoms with Gasteiger partial charge in [-0.2, -0.15) is 0 Å². The fourth-order valence-corrected chi connectivity index (χ4v) is 2.30. The zero-order valence-electron chi connectivity index (χ0n) is 9.06. The van der Waals surface area contributed by atoms with Gasteiger partial charge in [-0.05, 0) is 30.7 Å². The van der Waals surface area contributed by atoms with Crippen molar-refractivity contribution in [3.05, 3.63) is 29.6 Å². The third-order valence-electron chi connectivity index (χ3n) is 2.10. The van der Waals surface area contributed by atoms with E-state index < -0.39 is 6.10 Å². The Balaban J connectivity index is 2.78. The van der Waals surface area contributed by atoms with E-state index in [0.717, 1.165) is 10.5 Å². The summed E-state index contributed by atoms with van der Waals surface area (Å²) in [6.45, 7) is 1.50. The van der Waals surface area contributed by atoms with E-state index in [1.807, 2.05) is 0 Å². The highest BCUT2D eigenvalue weighted by Gasteiger charge is 2.10. The van der Waals surface area contributed by atoms with E-state index in [1.165, 1.54) is 23.9 Å². The summed E-state index contributed by atoms with van der Waals surface area (Å²) in [4.78, 5) is 0.837. The van der Waals surface area contributed by atoms with Crippen molar-refractivity contribution in [2.24, 2.45) is 5.73 Å². The Morgan fingerprint density at radius 1 is 1.50 bits per heavy atom. The lowest BCUT2D eigenvalue weighted by Gasteiger charge is -2.13. The van der Waals surface area contributed by atoms with E-state index >= 15 is 0 Å². The minimum Gasteiger partial charge on any atom is -0.394 e. The molecule has 1 aromatic carbocycles. The van der Waals surface area contributed by atoms with E-state index in [2.05, 4.69) is 0 Å². The Bertz CT molecular complexity index is 347. The summed E-state index contributed by atoms with van der Waals surface area (Å²) < 4.78 is 13.0. The van der Waals surface area contributed by atoms with Crippen molar-refractivity contribution in [3.63, 3.8) is 0 Å². The maximum atomic E-state index is 13.0. The lowest BCUT2D eigenvalue weighted by Crippen LogP contribution is -2.15. The molecule has 0 spiro atoms. The molecule has 0 fully saturated rings. The molecule has 0 aliphatic carbocycles. The number of hydrogen-bond donors (Lipinski definition) is 3. The van der Waals surface area contributed by atoms with E-state index in [0.29, 0.717) is 5.75 Å². The second-order valence-corrected chi connectivity index (χ2v) is 4.68. The first-order chi connectivity index (χ1) is 7.54. The highest BCUT2D eigenvalue weighted by molar-refractivity contribution is 7.99. The van der Waals surface area contributed by atoms with Crippen molar-refractivity contribution >= 4 is 11.8 Å². The standard InChI is InChI=1S/C11H16FNO2S/c1-7(13)10-4-8(12)2-3-11(10)16-6-9(15)5-14/h2-4,7,9,14-15H,5-6,13H2,1H3/t7-,9?/m1/s1. The smallest absolute Gasteiger partial charge is 0.123 e. The molecule has 0 saturated carbocycles. The topological polar surface area (TPSA) is 66.5 Å². The van der Waals surface area contributed by atoms with Crippen LogP contribution in [0.4, 0.5) is 4.39 Å². The summed E-state index contributed by atoms with van der Waals surface area (Å²) in [6.07, 6.45) is -0.768. The first kappa shape index (κ1) is 13.4. The Labute approximate surface area is 98.5 Å². The molecule has 0 aliphatic heterocycles. The second-order valence-electron chi connectivity index (χ2n) is 3.62. The fourth-order valence-electron chi connectivity index (χ4n) is 1.25. The van der Waals surface area contributed by atoms with Gasteiger partial charge in [-0.25, -0.2) is 4.39 Å². The second kappa shape index (κ2) is 6.20. The molecule has 1 aromatic rings. The van der Waals surface area contributed by atoms with Crippen LogP contribution in [0.15, 0.2) is 23.1 Å². The van der Waals surface area contributed by atoms with Gasteiger partial charge in [0.15, 0.2) is 0 Å². The highest BCUT2D eigenvalue weighted by atomic mass is 32.2. The van der Waals surface area contributed by atoms with E-state index in [9.17, 15) is 9.50 Å². The molecule has 0 saturated heterocycles. The molecule has 0 bridgehead atoms. The maximum absolute atomic E-state index is 13.0. The van der Waals surface area contributed by atoms with Crippen LogP contribution in [0.5, 0.6) is 0 Å². The largest absolute Gasteiger partial charge is 0.394 e. The monoisotopic (exact) mass is 245 g/mol. The van der Waals surface area contributed by atoms with Gasteiger partial charge in [0.2, 0.25) is 0 Å². The first-order valence-corrected chi connectivity index (χ1v) is 6.00. The lowest BCUT2D eigenvalue weighted by molar-refractivity contribution is 0.113. The van der Waals surface area contributed by atoms with Crippen molar-refractivity contribution in [1.29, 1.82) is 0 Å². The molecule has 0 amide bonds. The molecule has 0 heterocycles. The number of hydrogen-bond acceptors (Lipinski definition) is 4. The SMILES string of the molecule is C[C@@H](N)c1cc(F)ccc1SCC(O)CO. The quantitative estimate of drug-likeness (QED) is 0.684. The molecule has 1 rings (SSSR count). The molecule has 3 nitrogen and oxygen atoms in total. The lowest BCUT2D eigenvalue weighted by atomic mass is 10.1. The van der Waals surface area contributed by atoms with Gasteiger partial charge in [0, 0.05) is 16.7 Å². The van der Waals surface area contributed by atoms with Gasteiger partial charge in [-0.3, -0.25) is 0 Å². The van der Waals surface area contributed by atoms with Crippen molar-refractivity contribution < 1.29 is 14.6 Å². The minimum atomic E-state index is -0.768. The number of thioether (sulfide) groups is 1. The van der Waals surface area contributed by atoms with Crippen LogP contribution in [0, 0.1) is 5.82 Å². The molecule has 5 heteroatoms. The number of rotatable bonds is 5. The summed E-state index contributed by atoms with van der Waals surface area (Å²) in [5, 5.41) is 17.9. The Morgan fingerprint density at radius 3 is 2.75 bits per heavy atom. The number of benzene rings is 1. The Kier molecular flexibility index (Phi) is 5.21. The molecule has 4 N–H and O–H groups in total. The number of aliphatic hydroxyl groups is 2. The van der Waals surface area contributed by atoms with Crippen molar-refractivity contribution in [2.75, 3.05) is 12.4 Å². The van der Waals surface area contributed by atoms with Gasteiger partial charge in [-0.1, -0.05) is 0 Å². The summed E-state index contributed by atoms with van der Waals surface area (Å²) >= 11 is 1.36. The molecular formula is C11H16FNO2S. The molecule has 0 aromatic heterocycles. The van der Waals surface area contributed by atoms with Crippen molar-refractivity contribution in [3.8, 4) is 0 Å².